The summed E-state index contributed by atoms with van der Waals surface area (Å²) >= 11 is 0. The maximum atomic E-state index is 12.1. The minimum atomic E-state index is -3.80. The van der Waals surface area contributed by atoms with Crippen LogP contribution in [0, 0.1) is 0 Å². The van der Waals surface area contributed by atoms with E-state index in [2.05, 4.69) is 4.72 Å². The number of esters is 1. The van der Waals surface area contributed by atoms with Gasteiger partial charge in [0.1, 0.15) is 6.04 Å². The monoisotopic (exact) mass is 301 g/mol. The van der Waals surface area contributed by atoms with Crippen LogP contribution in [0.1, 0.15) is 32.4 Å². The number of aliphatic hydroxyl groups excluding tert-OH is 1. The average molecular weight is 301 g/mol. The predicted molar refractivity (Wildman–Crippen MR) is 73.5 cm³/mol. The fourth-order valence-electron chi connectivity index (χ4n) is 1.54. The molecule has 0 bridgehead atoms. The fraction of sp³-hybridized carbons (Fsp3) is 0.462. The first-order valence-electron chi connectivity index (χ1n) is 6.25. The van der Waals surface area contributed by atoms with Gasteiger partial charge >= 0.3 is 5.97 Å². The Kier molecular flexibility index (Phi) is 5.67. The van der Waals surface area contributed by atoms with E-state index in [0.717, 1.165) is 0 Å². The van der Waals surface area contributed by atoms with E-state index in [1.54, 1.807) is 13.8 Å². The topological polar surface area (TPSA) is 92.7 Å². The second-order valence-electron chi connectivity index (χ2n) is 4.34. The summed E-state index contributed by atoms with van der Waals surface area (Å²) in [6, 6.07) is 4.84. The van der Waals surface area contributed by atoms with Gasteiger partial charge in [-0.1, -0.05) is 12.1 Å². The molecule has 1 rings (SSSR count). The van der Waals surface area contributed by atoms with Crippen molar-refractivity contribution >= 4 is 16.0 Å². The van der Waals surface area contributed by atoms with Crippen LogP contribution < -0.4 is 4.72 Å². The van der Waals surface area contributed by atoms with E-state index in [-0.39, 0.29) is 11.5 Å². The Morgan fingerprint density at radius 1 is 1.30 bits per heavy atom. The zero-order valence-electron chi connectivity index (χ0n) is 11.7. The number of ether oxygens (including phenoxy) is 1. The number of benzene rings is 1. The lowest BCUT2D eigenvalue weighted by Gasteiger charge is -2.13. The molecule has 6 nitrogen and oxygen atoms in total. The van der Waals surface area contributed by atoms with Crippen molar-refractivity contribution in [3.05, 3.63) is 29.8 Å². The standard InChI is InChI=1S/C13H19NO5S/c1-4-19-13(16)9(2)14-20(17,18)12-7-5-11(6-8-12)10(3)15/h5-10,14-15H,4H2,1-3H3. The zero-order valence-corrected chi connectivity index (χ0v) is 12.5. The fourth-order valence-corrected chi connectivity index (χ4v) is 2.73. The van der Waals surface area contributed by atoms with Crippen LogP contribution in [0.2, 0.25) is 0 Å². The SMILES string of the molecule is CCOC(=O)C(C)NS(=O)(=O)c1ccc(C(C)O)cc1. The first-order valence-corrected chi connectivity index (χ1v) is 7.73. The van der Waals surface area contributed by atoms with E-state index < -0.39 is 28.1 Å². The van der Waals surface area contributed by atoms with Crippen molar-refractivity contribution in [1.29, 1.82) is 0 Å². The van der Waals surface area contributed by atoms with Gasteiger partial charge in [0.25, 0.3) is 0 Å². The number of hydrogen-bond donors (Lipinski definition) is 2. The number of sulfonamides is 1. The molecule has 20 heavy (non-hydrogen) atoms. The van der Waals surface area contributed by atoms with Crippen molar-refractivity contribution in [3.8, 4) is 0 Å². The van der Waals surface area contributed by atoms with Gasteiger partial charge in [-0.05, 0) is 38.5 Å². The lowest BCUT2D eigenvalue weighted by Crippen LogP contribution is -2.39. The number of rotatable bonds is 6. The summed E-state index contributed by atoms with van der Waals surface area (Å²) < 4.78 is 31.1. The second kappa shape index (κ2) is 6.83. The molecule has 0 amide bonds. The molecule has 2 unspecified atom stereocenters. The molecule has 2 N–H and O–H groups in total. The quantitative estimate of drug-likeness (QED) is 0.764. The van der Waals surface area contributed by atoms with Gasteiger partial charge in [-0.25, -0.2) is 8.42 Å². The van der Waals surface area contributed by atoms with E-state index in [1.807, 2.05) is 0 Å². The lowest BCUT2D eigenvalue weighted by atomic mass is 10.1. The van der Waals surface area contributed by atoms with Crippen LogP contribution in [-0.4, -0.2) is 32.1 Å². The molecule has 0 saturated heterocycles. The van der Waals surface area contributed by atoms with E-state index in [1.165, 1.54) is 31.2 Å². The summed E-state index contributed by atoms with van der Waals surface area (Å²) in [6.45, 7) is 4.84. The van der Waals surface area contributed by atoms with Crippen molar-refractivity contribution < 1.29 is 23.1 Å². The van der Waals surface area contributed by atoms with Gasteiger partial charge in [0.15, 0.2) is 0 Å². The van der Waals surface area contributed by atoms with Crippen LogP contribution in [0.4, 0.5) is 0 Å². The van der Waals surface area contributed by atoms with Crippen molar-refractivity contribution in [3.63, 3.8) is 0 Å². The Hall–Kier alpha value is -1.44. The van der Waals surface area contributed by atoms with Crippen LogP contribution in [0.3, 0.4) is 0 Å². The van der Waals surface area contributed by atoms with E-state index in [0.29, 0.717) is 5.56 Å². The molecule has 2 atom stereocenters. The highest BCUT2D eigenvalue weighted by Crippen LogP contribution is 2.16. The minimum Gasteiger partial charge on any atom is -0.465 e. The first kappa shape index (κ1) is 16.6. The summed E-state index contributed by atoms with van der Waals surface area (Å²) in [5.74, 6) is -0.628. The zero-order chi connectivity index (χ0) is 15.3. The number of aliphatic hydroxyl groups is 1. The molecule has 1 aromatic carbocycles. The van der Waals surface area contributed by atoms with Crippen LogP contribution >= 0.6 is 0 Å². The number of nitrogens with one attached hydrogen (secondary N) is 1. The third-order valence-electron chi connectivity index (χ3n) is 2.64. The van der Waals surface area contributed by atoms with E-state index in [9.17, 15) is 18.3 Å². The molecular weight excluding hydrogens is 282 g/mol. The van der Waals surface area contributed by atoms with Gasteiger partial charge in [-0.3, -0.25) is 4.79 Å². The van der Waals surface area contributed by atoms with Crippen molar-refractivity contribution in [2.75, 3.05) is 6.61 Å². The number of hydrogen-bond acceptors (Lipinski definition) is 5. The highest BCUT2D eigenvalue weighted by Gasteiger charge is 2.22. The Morgan fingerprint density at radius 3 is 2.30 bits per heavy atom. The number of carbonyl (C=O) groups is 1. The molecule has 0 aliphatic heterocycles. The van der Waals surface area contributed by atoms with Crippen LogP contribution in [0.25, 0.3) is 0 Å². The summed E-state index contributed by atoms with van der Waals surface area (Å²) in [4.78, 5) is 11.4. The molecule has 112 valence electrons. The molecule has 1 aromatic rings. The Morgan fingerprint density at radius 2 is 1.85 bits per heavy atom. The summed E-state index contributed by atoms with van der Waals surface area (Å²) in [7, 11) is -3.80. The average Bonchev–Trinajstić information content (AvgIpc) is 2.38. The summed E-state index contributed by atoms with van der Waals surface area (Å²) in [6.07, 6.45) is -0.668. The third-order valence-corrected chi connectivity index (χ3v) is 4.20. The second-order valence-corrected chi connectivity index (χ2v) is 6.05. The molecule has 0 aromatic heterocycles. The predicted octanol–water partition coefficient (Wildman–Crippen LogP) is 0.970. The molecule has 0 radical (unpaired) electrons. The van der Waals surface area contributed by atoms with E-state index in [4.69, 9.17) is 4.74 Å². The highest BCUT2D eigenvalue weighted by molar-refractivity contribution is 7.89. The van der Waals surface area contributed by atoms with Gasteiger partial charge in [-0.2, -0.15) is 4.72 Å². The van der Waals surface area contributed by atoms with Gasteiger partial charge in [0.05, 0.1) is 17.6 Å². The molecule has 0 aliphatic rings. The van der Waals surface area contributed by atoms with Crippen LogP contribution in [0.15, 0.2) is 29.2 Å². The smallest absolute Gasteiger partial charge is 0.323 e. The van der Waals surface area contributed by atoms with Crippen molar-refractivity contribution in [2.45, 2.75) is 37.8 Å². The van der Waals surface area contributed by atoms with Crippen LogP contribution in [0.5, 0.6) is 0 Å². The Labute approximate surface area is 118 Å². The lowest BCUT2D eigenvalue weighted by molar-refractivity contribution is -0.144. The van der Waals surface area contributed by atoms with Gasteiger partial charge < -0.3 is 9.84 Å². The molecule has 0 heterocycles. The largest absolute Gasteiger partial charge is 0.465 e. The third kappa shape index (κ3) is 4.29. The molecule has 0 spiro atoms. The maximum Gasteiger partial charge on any atom is 0.323 e. The minimum absolute atomic E-state index is 0.0260. The Balaban J connectivity index is 2.86. The molecule has 7 heteroatoms. The summed E-state index contributed by atoms with van der Waals surface area (Å²) in [5, 5.41) is 9.37. The normalized spacial score (nSPS) is 14.6. The summed E-state index contributed by atoms with van der Waals surface area (Å²) in [5.41, 5.74) is 0.613. The van der Waals surface area contributed by atoms with Gasteiger partial charge in [-0.15, -0.1) is 0 Å². The molecule has 0 fully saturated rings. The van der Waals surface area contributed by atoms with Gasteiger partial charge in [0, 0.05) is 0 Å². The molecule has 0 aliphatic carbocycles. The Bertz CT molecular complexity index is 551. The first-order chi connectivity index (χ1) is 9.27. The van der Waals surface area contributed by atoms with Gasteiger partial charge in [0.2, 0.25) is 10.0 Å². The van der Waals surface area contributed by atoms with Crippen LogP contribution in [-0.2, 0) is 19.6 Å². The number of carbonyl (C=O) groups excluding carboxylic acids is 1. The molecule has 0 saturated carbocycles. The van der Waals surface area contributed by atoms with E-state index >= 15 is 0 Å². The maximum absolute atomic E-state index is 12.1. The van der Waals surface area contributed by atoms with Crippen molar-refractivity contribution in [2.24, 2.45) is 0 Å². The molecular formula is C13H19NO5S. The van der Waals surface area contributed by atoms with Crippen molar-refractivity contribution in [1.82, 2.24) is 4.72 Å². The highest BCUT2D eigenvalue weighted by atomic mass is 32.2.